The third kappa shape index (κ3) is 3.81. The maximum Gasteiger partial charge on any atom is 0.353 e. The van der Waals surface area contributed by atoms with Gasteiger partial charge in [-0.05, 0) is 37.6 Å². The van der Waals surface area contributed by atoms with E-state index in [9.17, 15) is 13.6 Å². The van der Waals surface area contributed by atoms with Gasteiger partial charge in [0, 0.05) is 23.6 Å². The van der Waals surface area contributed by atoms with Crippen LogP contribution in [0.2, 0.25) is 0 Å². The summed E-state index contributed by atoms with van der Waals surface area (Å²) in [6.07, 6.45) is 0. The van der Waals surface area contributed by atoms with E-state index >= 15 is 0 Å². The molecule has 2 aromatic heterocycles. The molecule has 0 N–H and O–H groups in total. The largest absolute Gasteiger partial charge is 0.467 e. The van der Waals surface area contributed by atoms with Gasteiger partial charge in [-0.1, -0.05) is 23.5 Å². The Morgan fingerprint density at radius 1 is 1.10 bits per heavy atom. The van der Waals surface area contributed by atoms with Crippen LogP contribution in [-0.2, 0) is 7.05 Å². The van der Waals surface area contributed by atoms with Gasteiger partial charge in [-0.2, -0.15) is 0 Å². The zero-order valence-corrected chi connectivity index (χ0v) is 18.0. The van der Waals surface area contributed by atoms with Crippen LogP contribution in [0.5, 0.6) is 17.0 Å². The van der Waals surface area contributed by atoms with Crippen LogP contribution in [0.3, 0.4) is 0 Å². The van der Waals surface area contributed by atoms with Gasteiger partial charge in [0.15, 0.2) is 5.75 Å². The molecule has 2 heterocycles. The number of halogens is 2. The van der Waals surface area contributed by atoms with Crippen molar-refractivity contribution in [3.8, 4) is 33.9 Å². The molecule has 160 valence electrons. The minimum atomic E-state index is -0.686. The molecule has 0 aliphatic heterocycles. The molecule has 2 aromatic carbocycles. The monoisotopic (exact) mass is 444 g/mol. The first kappa shape index (κ1) is 20.7. The molecule has 7 nitrogen and oxygen atoms in total. The first-order valence-corrected chi connectivity index (χ1v) is 10.0. The lowest BCUT2D eigenvalue weighted by Gasteiger charge is -2.13. The second-order valence-electron chi connectivity index (χ2n) is 6.79. The fourth-order valence-corrected chi connectivity index (χ4v) is 4.03. The minimum absolute atomic E-state index is 0.109. The smallest absolute Gasteiger partial charge is 0.353 e. The third-order valence-corrected chi connectivity index (χ3v) is 5.46. The lowest BCUT2D eigenvalue weighted by atomic mass is 10.1. The standard InChI is InChI=1S/C21H18F2N4O3S/c1-11-6-5-7-16(18(11)27-19(29-4)25-26(3)21(27)28)30-20-24-17(12(2)31-20)13-8-14(22)10-15(23)9-13/h5-10H,1-4H3. The van der Waals surface area contributed by atoms with Crippen LogP contribution in [-0.4, -0.2) is 26.4 Å². The first-order valence-electron chi connectivity index (χ1n) is 9.20. The van der Waals surface area contributed by atoms with Crippen molar-refractivity contribution in [2.24, 2.45) is 7.05 Å². The summed E-state index contributed by atoms with van der Waals surface area (Å²) in [5, 5.41) is 4.34. The maximum absolute atomic E-state index is 13.6. The zero-order chi connectivity index (χ0) is 22.3. The van der Waals surface area contributed by atoms with Gasteiger partial charge in [-0.3, -0.25) is 0 Å². The van der Waals surface area contributed by atoms with Crippen LogP contribution in [0, 0.1) is 25.5 Å². The predicted molar refractivity (Wildman–Crippen MR) is 112 cm³/mol. The number of aryl methyl sites for hydroxylation is 3. The molecule has 0 bridgehead atoms. The van der Waals surface area contributed by atoms with E-state index in [-0.39, 0.29) is 11.2 Å². The Bertz CT molecular complexity index is 1320. The topological polar surface area (TPSA) is 71.2 Å². The summed E-state index contributed by atoms with van der Waals surface area (Å²) in [6.45, 7) is 3.61. The molecule has 0 spiro atoms. The number of hydrogen-bond donors (Lipinski definition) is 0. The van der Waals surface area contributed by atoms with Gasteiger partial charge in [-0.25, -0.2) is 27.8 Å². The number of rotatable bonds is 5. The van der Waals surface area contributed by atoms with Crippen molar-refractivity contribution < 1.29 is 18.3 Å². The highest BCUT2D eigenvalue weighted by atomic mass is 32.1. The predicted octanol–water partition coefficient (Wildman–Crippen LogP) is 4.39. The Kier molecular flexibility index (Phi) is 5.32. The van der Waals surface area contributed by atoms with E-state index in [4.69, 9.17) is 9.47 Å². The summed E-state index contributed by atoms with van der Waals surface area (Å²) in [5.74, 6) is -1.01. The van der Waals surface area contributed by atoms with Crippen molar-refractivity contribution in [1.82, 2.24) is 19.3 Å². The quantitative estimate of drug-likeness (QED) is 0.457. The number of methoxy groups -OCH3 is 1. The highest BCUT2D eigenvalue weighted by Crippen LogP contribution is 2.37. The van der Waals surface area contributed by atoms with E-state index in [0.29, 0.717) is 22.7 Å². The van der Waals surface area contributed by atoms with Gasteiger partial charge < -0.3 is 9.47 Å². The lowest BCUT2D eigenvalue weighted by molar-refractivity contribution is 0.366. The van der Waals surface area contributed by atoms with E-state index in [1.165, 1.54) is 46.9 Å². The van der Waals surface area contributed by atoms with Crippen LogP contribution in [0.1, 0.15) is 10.4 Å². The van der Waals surface area contributed by atoms with Crippen molar-refractivity contribution in [2.75, 3.05) is 7.11 Å². The minimum Gasteiger partial charge on any atom is -0.467 e. The molecule has 10 heteroatoms. The molecule has 4 aromatic rings. The number of aromatic nitrogens is 4. The Hall–Kier alpha value is -3.53. The van der Waals surface area contributed by atoms with E-state index in [2.05, 4.69) is 10.1 Å². The zero-order valence-electron chi connectivity index (χ0n) is 17.1. The molecule has 31 heavy (non-hydrogen) atoms. The summed E-state index contributed by atoms with van der Waals surface area (Å²) in [4.78, 5) is 17.8. The molecule has 0 aliphatic carbocycles. The van der Waals surface area contributed by atoms with Crippen molar-refractivity contribution >= 4 is 11.3 Å². The summed E-state index contributed by atoms with van der Waals surface area (Å²) in [5.41, 5.74) is 1.55. The molecule has 0 saturated heterocycles. The van der Waals surface area contributed by atoms with Crippen LogP contribution < -0.4 is 15.2 Å². The second kappa shape index (κ2) is 7.95. The molecule has 0 atom stereocenters. The van der Waals surface area contributed by atoms with Gasteiger partial charge in [0.2, 0.25) is 0 Å². The molecular formula is C21H18F2N4O3S. The normalized spacial score (nSPS) is 11.0. The summed E-state index contributed by atoms with van der Waals surface area (Å²) in [6, 6.07) is 8.65. The van der Waals surface area contributed by atoms with Gasteiger partial charge in [0.05, 0.1) is 12.8 Å². The highest BCUT2D eigenvalue weighted by molar-refractivity contribution is 7.13. The average molecular weight is 444 g/mol. The van der Waals surface area contributed by atoms with Crippen molar-refractivity contribution in [3.05, 3.63) is 69.0 Å². The van der Waals surface area contributed by atoms with Crippen LogP contribution in [0.25, 0.3) is 16.9 Å². The molecule has 0 fully saturated rings. The van der Waals surface area contributed by atoms with Gasteiger partial charge in [-0.15, -0.1) is 5.10 Å². The number of para-hydroxylation sites is 1. The van der Waals surface area contributed by atoms with Gasteiger partial charge in [0.25, 0.3) is 5.19 Å². The van der Waals surface area contributed by atoms with E-state index < -0.39 is 17.3 Å². The number of benzene rings is 2. The van der Waals surface area contributed by atoms with Crippen molar-refractivity contribution in [2.45, 2.75) is 13.8 Å². The van der Waals surface area contributed by atoms with Gasteiger partial charge in [0.1, 0.15) is 17.3 Å². The van der Waals surface area contributed by atoms with Crippen LogP contribution in [0.4, 0.5) is 8.78 Å². The van der Waals surface area contributed by atoms with E-state index in [0.717, 1.165) is 16.5 Å². The SMILES string of the molecule is COc1nn(C)c(=O)n1-c1c(C)cccc1Oc1nc(-c2cc(F)cc(F)c2)c(C)s1. The number of nitrogens with zero attached hydrogens (tertiary/aromatic N) is 4. The molecule has 0 saturated carbocycles. The maximum atomic E-state index is 13.6. The fraction of sp³-hybridized carbons (Fsp3) is 0.190. The highest BCUT2D eigenvalue weighted by Gasteiger charge is 2.21. The van der Waals surface area contributed by atoms with Crippen LogP contribution in [0.15, 0.2) is 41.2 Å². The van der Waals surface area contributed by atoms with E-state index in [1.807, 2.05) is 13.0 Å². The Labute approximate surface area is 180 Å². The van der Waals surface area contributed by atoms with E-state index in [1.54, 1.807) is 19.1 Å². The lowest BCUT2D eigenvalue weighted by Crippen LogP contribution is -2.22. The van der Waals surface area contributed by atoms with Gasteiger partial charge >= 0.3 is 11.7 Å². The second-order valence-corrected chi connectivity index (χ2v) is 7.96. The third-order valence-electron chi connectivity index (χ3n) is 4.61. The number of thiazole rings is 1. The molecule has 0 amide bonds. The Morgan fingerprint density at radius 2 is 1.81 bits per heavy atom. The summed E-state index contributed by atoms with van der Waals surface area (Å²) < 4.78 is 41.1. The molecular weight excluding hydrogens is 426 g/mol. The van der Waals surface area contributed by atoms with Crippen LogP contribution >= 0.6 is 11.3 Å². The number of hydrogen-bond acceptors (Lipinski definition) is 6. The Morgan fingerprint density at radius 3 is 2.48 bits per heavy atom. The van der Waals surface area contributed by atoms with Crippen molar-refractivity contribution in [3.63, 3.8) is 0 Å². The molecule has 4 rings (SSSR count). The first-order chi connectivity index (χ1) is 14.8. The molecule has 0 radical (unpaired) electrons. The summed E-state index contributed by atoms with van der Waals surface area (Å²) in [7, 11) is 2.94. The molecule has 0 aliphatic rings. The van der Waals surface area contributed by atoms with Crippen molar-refractivity contribution in [1.29, 1.82) is 0 Å². The average Bonchev–Trinajstić information content (AvgIpc) is 3.21. The summed E-state index contributed by atoms with van der Waals surface area (Å²) >= 11 is 1.23. The number of ether oxygens (including phenoxy) is 2. The molecule has 0 unspecified atom stereocenters. The fourth-order valence-electron chi connectivity index (χ4n) is 3.23. The Balaban J connectivity index is 1.79.